The van der Waals surface area contributed by atoms with E-state index in [0.29, 0.717) is 5.75 Å². The fourth-order valence-corrected chi connectivity index (χ4v) is 4.43. The van der Waals surface area contributed by atoms with Crippen LogP contribution in [0.4, 0.5) is 0 Å². The average molecular weight is 430 g/mol. The molecule has 3 rings (SSSR count). The number of sulfonamides is 1. The number of methoxy groups -OCH3 is 1. The normalized spacial score (nSPS) is 12.8. The van der Waals surface area contributed by atoms with E-state index < -0.39 is 16.1 Å². The number of aliphatic hydroxyl groups is 1. The average Bonchev–Trinajstić information content (AvgIpc) is 3.18. The summed E-state index contributed by atoms with van der Waals surface area (Å²) in [4.78, 5) is 0.101. The van der Waals surface area contributed by atoms with Crippen molar-refractivity contribution in [1.29, 1.82) is 0 Å². The SMILES string of the molecule is COc1ccc(CN(Cc2ccc(C)cc2)S(=O)(=O)c2cnn(C[C@@H](C)O)c2)cc1. The van der Waals surface area contributed by atoms with Crippen LogP contribution in [0.2, 0.25) is 0 Å². The van der Waals surface area contributed by atoms with Gasteiger partial charge in [-0.15, -0.1) is 0 Å². The Bertz CT molecular complexity index is 1060. The number of hydrogen-bond donors (Lipinski definition) is 1. The Morgan fingerprint density at radius 3 is 2.17 bits per heavy atom. The first-order chi connectivity index (χ1) is 14.3. The minimum absolute atomic E-state index is 0.101. The first-order valence-electron chi connectivity index (χ1n) is 9.67. The van der Waals surface area contributed by atoms with Gasteiger partial charge in [0.25, 0.3) is 0 Å². The Morgan fingerprint density at radius 1 is 1.07 bits per heavy atom. The van der Waals surface area contributed by atoms with Crippen LogP contribution in [0.1, 0.15) is 23.6 Å². The van der Waals surface area contributed by atoms with Crippen LogP contribution >= 0.6 is 0 Å². The molecule has 0 radical (unpaired) electrons. The smallest absolute Gasteiger partial charge is 0.246 e. The molecule has 0 spiro atoms. The maximum atomic E-state index is 13.4. The predicted molar refractivity (Wildman–Crippen MR) is 115 cm³/mol. The third-order valence-electron chi connectivity index (χ3n) is 4.70. The van der Waals surface area contributed by atoms with Crippen molar-refractivity contribution in [2.24, 2.45) is 0 Å². The number of benzene rings is 2. The third kappa shape index (κ3) is 5.47. The van der Waals surface area contributed by atoms with Crippen molar-refractivity contribution in [3.63, 3.8) is 0 Å². The zero-order valence-corrected chi connectivity index (χ0v) is 18.2. The molecule has 1 atom stereocenters. The van der Waals surface area contributed by atoms with Gasteiger partial charge < -0.3 is 9.84 Å². The molecule has 3 aromatic rings. The van der Waals surface area contributed by atoms with Gasteiger partial charge in [0, 0.05) is 19.3 Å². The lowest BCUT2D eigenvalue weighted by molar-refractivity contribution is 0.168. The van der Waals surface area contributed by atoms with E-state index in [9.17, 15) is 13.5 Å². The van der Waals surface area contributed by atoms with Crippen LogP contribution in [-0.4, -0.2) is 40.8 Å². The van der Waals surface area contributed by atoms with Crippen molar-refractivity contribution in [3.05, 3.63) is 77.6 Å². The summed E-state index contributed by atoms with van der Waals surface area (Å²) in [5, 5.41) is 13.6. The number of aryl methyl sites for hydroxylation is 1. The minimum Gasteiger partial charge on any atom is -0.497 e. The van der Waals surface area contributed by atoms with Gasteiger partial charge in [-0.3, -0.25) is 4.68 Å². The highest BCUT2D eigenvalue weighted by molar-refractivity contribution is 7.89. The van der Waals surface area contributed by atoms with Crippen molar-refractivity contribution in [2.75, 3.05) is 7.11 Å². The van der Waals surface area contributed by atoms with E-state index in [1.165, 1.54) is 21.4 Å². The zero-order valence-electron chi connectivity index (χ0n) is 17.4. The Morgan fingerprint density at radius 2 is 1.63 bits per heavy atom. The van der Waals surface area contributed by atoms with E-state index in [0.717, 1.165) is 16.7 Å². The Hall–Kier alpha value is -2.68. The first-order valence-corrected chi connectivity index (χ1v) is 11.1. The zero-order chi connectivity index (χ0) is 21.7. The third-order valence-corrected chi connectivity index (χ3v) is 6.44. The highest BCUT2D eigenvalue weighted by Gasteiger charge is 2.26. The predicted octanol–water partition coefficient (Wildman–Crippen LogP) is 2.97. The Labute approximate surface area is 177 Å². The highest BCUT2D eigenvalue weighted by Crippen LogP contribution is 2.22. The van der Waals surface area contributed by atoms with E-state index in [-0.39, 0.29) is 24.5 Å². The fraction of sp³-hybridized carbons (Fsp3) is 0.318. The Kier molecular flexibility index (Phi) is 6.91. The van der Waals surface area contributed by atoms with Crippen LogP contribution in [0, 0.1) is 6.92 Å². The van der Waals surface area contributed by atoms with Crippen LogP contribution in [-0.2, 0) is 29.7 Å². The molecule has 0 aliphatic carbocycles. The second-order valence-corrected chi connectivity index (χ2v) is 9.29. The van der Waals surface area contributed by atoms with Crippen molar-refractivity contribution in [1.82, 2.24) is 14.1 Å². The van der Waals surface area contributed by atoms with Crippen LogP contribution < -0.4 is 4.74 Å². The van der Waals surface area contributed by atoms with E-state index in [4.69, 9.17) is 4.74 Å². The molecule has 30 heavy (non-hydrogen) atoms. The molecule has 1 N–H and O–H groups in total. The van der Waals surface area contributed by atoms with E-state index in [1.807, 2.05) is 55.5 Å². The fourth-order valence-electron chi connectivity index (χ4n) is 3.06. The lowest BCUT2D eigenvalue weighted by Gasteiger charge is -2.22. The lowest BCUT2D eigenvalue weighted by Crippen LogP contribution is -2.30. The standard InChI is InChI=1S/C22H27N3O4S/c1-17-4-6-19(7-5-17)14-25(15-20-8-10-21(29-3)11-9-20)30(27,28)22-12-23-24(16-22)13-18(2)26/h4-12,16,18,26H,13-15H2,1-3H3/t18-/m1/s1. The molecule has 8 heteroatoms. The van der Waals surface area contributed by atoms with Crippen molar-refractivity contribution >= 4 is 10.0 Å². The highest BCUT2D eigenvalue weighted by atomic mass is 32.2. The second-order valence-electron chi connectivity index (χ2n) is 7.35. The number of rotatable bonds is 9. The molecular formula is C22H27N3O4S. The van der Waals surface area contributed by atoms with Gasteiger partial charge in [0.1, 0.15) is 10.6 Å². The summed E-state index contributed by atoms with van der Waals surface area (Å²) in [6.45, 7) is 4.29. The van der Waals surface area contributed by atoms with Gasteiger partial charge in [0.2, 0.25) is 10.0 Å². The molecule has 7 nitrogen and oxygen atoms in total. The van der Waals surface area contributed by atoms with Crippen LogP contribution in [0.5, 0.6) is 5.75 Å². The summed E-state index contributed by atoms with van der Waals surface area (Å²) in [7, 11) is -2.21. The monoisotopic (exact) mass is 429 g/mol. The molecule has 0 amide bonds. The summed E-state index contributed by atoms with van der Waals surface area (Å²) in [6, 6.07) is 15.1. The molecule has 0 bridgehead atoms. The lowest BCUT2D eigenvalue weighted by atomic mass is 10.1. The summed E-state index contributed by atoms with van der Waals surface area (Å²) < 4.78 is 34.9. The molecule has 0 unspecified atom stereocenters. The van der Waals surface area contributed by atoms with E-state index in [1.54, 1.807) is 14.0 Å². The van der Waals surface area contributed by atoms with Gasteiger partial charge in [-0.05, 0) is 37.1 Å². The maximum Gasteiger partial charge on any atom is 0.246 e. The quantitative estimate of drug-likeness (QED) is 0.565. The number of ether oxygens (including phenoxy) is 1. The van der Waals surface area contributed by atoms with E-state index in [2.05, 4.69) is 5.10 Å². The molecule has 0 fully saturated rings. The number of aliphatic hydroxyl groups excluding tert-OH is 1. The molecule has 1 heterocycles. The summed E-state index contributed by atoms with van der Waals surface area (Å²) in [5.74, 6) is 0.714. The molecule has 0 aliphatic rings. The molecule has 0 saturated heterocycles. The Balaban J connectivity index is 1.91. The van der Waals surface area contributed by atoms with Crippen LogP contribution in [0.15, 0.2) is 65.8 Å². The van der Waals surface area contributed by atoms with Gasteiger partial charge in [-0.2, -0.15) is 9.40 Å². The first kappa shape index (κ1) is 22.0. The molecule has 0 aliphatic heterocycles. The number of hydrogen-bond acceptors (Lipinski definition) is 5. The molecule has 160 valence electrons. The number of nitrogens with zero attached hydrogens (tertiary/aromatic N) is 3. The van der Waals surface area contributed by atoms with E-state index >= 15 is 0 Å². The summed E-state index contributed by atoms with van der Waals surface area (Å²) >= 11 is 0. The van der Waals surface area contributed by atoms with Crippen molar-refractivity contribution < 1.29 is 18.3 Å². The van der Waals surface area contributed by atoms with Gasteiger partial charge in [0.15, 0.2) is 0 Å². The van der Waals surface area contributed by atoms with Gasteiger partial charge in [-0.25, -0.2) is 8.42 Å². The molecular weight excluding hydrogens is 402 g/mol. The maximum absolute atomic E-state index is 13.4. The molecule has 1 aromatic heterocycles. The molecule has 0 saturated carbocycles. The van der Waals surface area contributed by atoms with Gasteiger partial charge in [-0.1, -0.05) is 42.0 Å². The van der Waals surface area contributed by atoms with Crippen LogP contribution in [0.25, 0.3) is 0 Å². The van der Waals surface area contributed by atoms with Crippen molar-refractivity contribution in [2.45, 2.75) is 44.5 Å². The molecule has 2 aromatic carbocycles. The van der Waals surface area contributed by atoms with Gasteiger partial charge in [0.05, 0.1) is 26.0 Å². The van der Waals surface area contributed by atoms with Crippen molar-refractivity contribution in [3.8, 4) is 5.75 Å². The second kappa shape index (κ2) is 9.42. The topological polar surface area (TPSA) is 84.7 Å². The minimum atomic E-state index is -3.80. The van der Waals surface area contributed by atoms with Crippen LogP contribution in [0.3, 0.4) is 0 Å². The largest absolute Gasteiger partial charge is 0.497 e. The summed E-state index contributed by atoms with van der Waals surface area (Å²) in [5.41, 5.74) is 2.86. The summed E-state index contributed by atoms with van der Waals surface area (Å²) in [6.07, 6.45) is 2.16. The number of aromatic nitrogens is 2. The van der Waals surface area contributed by atoms with Gasteiger partial charge >= 0.3 is 0 Å².